The zero-order chi connectivity index (χ0) is 18.1. The van der Waals surface area contributed by atoms with Crippen LogP contribution in [0, 0.1) is 17.2 Å². The monoisotopic (exact) mass is 353 g/mol. The maximum absolute atomic E-state index is 13.2. The fourth-order valence-electron chi connectivity index (χ4n) is 4.47. The Labute approximate surface area is 153 Å². The molecule has 26 heavy (non-hydrogen) atoms. The minimum absolute atomic E-state index is 0.211. The van der Waals surface area contributed by atoms with E-state index in [1.54, 1.807) is 6.20 Å². The molecule has 5 heteroatoms. The van der Waals surface area contributed by atoms with Gasteiger partial charge in [0, 0.05) is 45.1 Å². The Kier molecular flexibility index (Phi) is 4.49. The van der Waals surface area contributed by atoms with Crippen LogP contribution < -0.4 is 0 Å². The first kappa shape index (κ1) is 17.2. The van der Waals surface area contributed by atoms with Crippen LogP contribution in [-0.2, 0) is 17.9 Å². The van der Waals surface area contributed by atoms with Crippen molar-refractivity contribution in [1.29, 1.82) is 0 Å². The van der Waals surface area contributed by atoms with E-state index in [-0.39, 0.29) is 17.1 Å². The third-order valence-electron chi connectivity index (χ3n) is 5.94. The number of aromatic nitrogens is 1. The van der Waals surface area contributed by atoms with Crippen LogP contribution in [0.15, 0.2) is 48.8 Å². The molecule has 1 aromatic carbocycles. The number of amides is 1. The summed E-state index contributed by atoms with van der Waals surface area (Å²) >= 11 is 0. The molecule has 0 aliphatic carbocycles. The fraction of sp³-hybridized carbons (Fsp3) is 0.429. The van der Waals surface area contributed by atoms with E-state index in [9.17, 15) is 9.18 Å². The lowest BCUT2D eigenvalue weighted by Crippen LogP contribution is -2.39. The predicted octanol–water partition coefficient (Wildman–Crippen LogP) is 3.09. The van der Waals surface area contributed by atoms with Crippen molar-refractivity contribution in [2.24, 2.45) is 11.3 Å². The van der Waals surface area contributed by atoms with Gasteiger partial charge < -0.3 is 4.90 Å². The molecule has 1 amide bonds. The molecule has 1 aromatic heterocycles. The molecule has 136 valence electrons. The van der Waals surface area contributed by atoms with Gasteiger partial charge in [-0.2, -0.15) is 0 Å². The van der Waals surface area contributed by atoms with Crippen LogP contribution in [0.25, 0.3) is 0 Å². The number of pyridine rings is 1. The number of hydrogen-bond acceptors (Lipinski definition) is 3. The van der Waals surface area contributed by atoms with Gasteiger partial charge in [-0.1, -0.05) is 25.1 Å². The van der Waals surface area contributed by atoms with Crippen LogP contribution in [-0.4, -0.2) is 40.3 Å². The van der Waals surface area contributed by atoms with Crippen LogP contribution in [0.5, 0.6) is 0 Å². The predicted molar refractivity (Wildman–Crippen MR) is 97.5 cm³/mol. The third kappa shape index (κ3) is 3.12. The van der Waals surface area contributed by atoms with Crippen LogP contribution in [0.4, 0.5) is 4.39 Å². The number of rotatable bonds is 4. The molecule has 1 spiro atoms. The molecule has 0 unspecified atom stereocenters. The van der Waals surface area contributed by atoms with E-state index in [1.807, 2.05) is 35.4 Å². The van der Waals surface area contributed by atoms with E-state index < -0.39 is 0 Å². The van der Waals surface area contributed by atoms with Crippen molar-refractivity contribution in [3.63, 3.8) is 0 Å². The second-order valence-electron chi connectivity index (χ2n) is 7.69. The number of carbonyl (C=O) groups excluding carboxylic acids is 1. The van der Waals surface area contributed by atoms with Crippen molar-refractivity contribution in [1.82, 2.24) is 14.8 Å². The maximum atomic E-state index is 13.2. The topological polar surface area (TPSA) is 36.4 Å². The van der Waals surface area contributed by atoms with Crippen molar-refractivity contribution in [3.8, 4) is 0 Å². The number of carbonyl (C=O) groups is 1. The first-order valence-corrected chi connectivity index (χ1v) is 9.22. The summed E-state index contributed by atoms with van der Waals surface area (Å²) in [5, 5.41) is 0. The zero-order valence-corrected chi connectivity index (χ0v) is 15.1. The van der Waals surface area contributed by atoms with Gasteiger partial charge in [0.05, 0.1) is 5.41 Å². The maximum Gasteiger partial charge on any atom is 0.230 e. The van der Waals surface area contributed by atoms with Crippen LogP contribution in [0.2, 0.25) is 0 Å². The van der Waals surface area contributed by atoms with Crippen LogP contribution >= 0.6 is 0 Å². The van der Waals surface area contributed by atoms with Gasteiger partial charge in [0.1, 0.15) is 5.82 Å². The largest absolute Gasteiger partial charge is 0.338 e. The van der Waals surface area contributed by atoms with Crippen molar-refractivity contribution in [3.05, 3.63) is 65.7 Å². The van der Waals surface area contributed by atoms with Crippen molar-refractivity contribution >= 4 is 5.91 Å². The summed E-state index contributed by atoms with van der Waals surface area (Å²) in [4.78, 5) is 21.7. The lowest BCUT2D eigenvalue weighted by Gasteiger charge is -2.27. The van der Waals surface area contributed by atoms with Crippen molar-refractivity contribution < 1.29 is 9.18 Å². The van der Waals surface area contributed by atoms with Gasteiger partial charge in [-0.05, 0) is 41.7 Å². The highest BCUT2D eigenvalue weighted by Crippen LogP contribution is 2.45. The van der Waals surface area contributed by atoms with Gasteiger partial charge in [-0.25, -0.2) is 4.39 Å². The first-order chi connectivity index (χ1) is 12.6. The quantitative estimate of drug-likeness (QED) is 0.847. The summed E-state index contributed by atoms with van der Waals surface area (Å²) in [7, 11) is 0. The van der Waals surface area contributed by atoms with Gasteiger partial charge in [0.2, 0.25) is 5.91 Å². The Bertz CT molecular complexity index is 780. The summed E-state index contributed by atoms with van der Waals surface area (Å²) in [6.45, 7) is 6.09. The molecule has 2 saturated heterocycles. The molecular formula is C21H24FN3O. The summed E-state index contributed by atoms with van der Waals surface area (Å²) in [5.41, 5.74) is 1.89. The highest BCUT2D eigenvalue weighted by molar-refractivity contribution is 5.86. The number of nitrogens with zero attached hydrogens (tertiary/aromatic N) is 3. The van der Waals surface area contributed by atoms with Crippen LogP contribution in [0.1, 0.15) is 24.5 Å². The van der Waals surface area contributed by atoms with E-state index in [4.69, 9.17) is 0 Å². The van der Waals surface area contributed by atoms with E-state index in [0.717, 1.165) is 43.7 Å². The van der Waals surface area contributed by atoms with Crippen molar-refractivity contribution in [2.75, 3.05) is 19.6 Å². The summed E-state index contributed by atoms with van der Waals surface area (Å²) in [6.07, 6.45) is 4.49. The van der Waals surface area contributed by atoms with E-state index in [2.05, 4.69) is 16.8 Å². The molecule has 4 rings (SSSR count). The number of benzene rings is 1. The molecule has 0 N–H and O–H groups in total. The Morgan fingerprint density at radius 3 is 2.73 bits per heavy atom. The molecule has 4 nitrogen and oxygen atoms in total. The molecule has 0 radical (unpaired) electrons. The van der Waals surface area contributed by atoms with E-state index in [0.29, 0.717) is 12.5 Å². The van der Waals surface area contributed by atoms with Crippen molar-refractivity contribution in [2.45, 2.75) is 26.4 Å². The Hall–Kier alpha value is -2.27. The van der Waals surface area contributed by atoms with E-state index in [1.165, 1.54) is 12.1 Å². The second kappa shape index (κ2) is 6.80. The summed E-state index contributed by atoms with van der Waals surface area (Å²) < 4.78 is 13.1. The standard InChI is InChI=1S/C21H24FN3O/c1-16-12-24(13-17-4-6-19(22)7-5-17)15-21(16)8-10-25(20(21)26)14-18-3-2-9-23-11-18/h2-7,9,11,16H,8,10,12-15H2,1H3/t16-,21-/m1/s1. The first-order valence-electron chi connectivity index (χ1n) is 9.22. The van der Waals surface area contributed by atoms with Gasteiger partial charge in [-0.15, -0.1) is 0 Å². The number of halogens is 1. The molecule has 2 atom stereocenters. The molecule has 2 fully saturated rings. The molecule has 2 aliphatic rings. The second-order valence-corrected chi connectivity index (χ2v) is 7.69. The smallest absolute Gasteiger partial charge is 0.230 e. The molecule has 0 saturated carbocycles. The average Bonchev–Trinajstić information content (AvgIpc) is 3.12. The minimum atomic E-state index is -0.276. The summed E-state index contributed by atoms with van der Waals surface area (Å²) in [6, 6.07) is 10.6. The molecule has 2 aromatic rings. The third-order valence-corrected chi connectivity index (χ3v) is 5.94. The fourth-order valence-corrected chi connectivity index (χ4v) is 4.47. The molecular weight excluding hydrogens is 329 g/mol. The molecule has 2 aliphatic heterocycles. The summed E-state index contributed by atoms with van der Waals surface area (Å²) in [5.74, 6) is 0.391. The van der Waals surface area contributed by atoms with Gasteiger partial charge >= 0.3 is 0 Å². The minimum Gasteiger partial charge on any atom is -0.338 e. The highest BCUT2D eigenvalue weighted by atomic mass is 19.1. The van der Waals surface area contributed by atoms with Gasteiger partial charge in [0.25, 0.3) is 0 Å². The average molecular weight is 353 g/mol. The van der Waals surface area contributed by atoms with Gasteiger partial charge in [-0.3, -0.25) is 14.7 Å². The highest BCUT2D eigenvalue weighted by Gasteiger charge is 2.54. The molecule has 0 bridgehead atoms. The molecule has 3 heterocycles. The number of likely N-dealkylation sites (tertiary alicyclic amines) is 2. The Morgan fingerprint density at radius 2 is 2.00 bits per heavy atom. The van der Waals surface area contributed by atoms with E-state index >= 15 is 0 Å². The lowest BCUT2D eigenvalue weighted by molar-refractivity contribution is -0.137. The Morgan fingerprint density at radius 1 is 1.19 bits per heavy atom. The normalized spacial score (nSPS) is 26.2. The van der Waals surface area contributed by atoms with Gasteiger partial charge in [0.15, 0.2) is 0 Å². The Balaban J connectivity index is 1.45. The SMILES string of the molecule is C[C@@H]1CN(Cc2ccc(F)cc2)C[C@]12CCN(Cc1cccnc1)C2=O. The zero-order valence-electron chi connectivity index (χ0n) is 15.1. The van der Waals surface area contributed by atoms with Crippen LogP contribution in [0.3, 0.4) is 0 Å². The number of hydrogen-bond donors (Lipinski definition) is 0. The lowest BCUT2D eigenvalue weighted by atomic mass is 9.78.